The molecule has 0 amide bonds. The van der Waals surface area contributed by atoms with Gasteiger partial charge in [0, 0.05) is 42.7 Å². The van der Waals surface area contributed by atoms with Crippen LogP contribution in [0.4, 0.5) is 0 Å². The Labute approximate surface area is 157 Å². The first-order chi connectivity index (χ1) is 13.1. The van der Waals surface area contributed by atoms with Crippen molar-refractivity contribution in [1.82, 2.24) is 18.8 Å². The molecule has 6 nitrogen and oxygen atoms in total. The first-order valence-electron chi connectivity index (χ1n) is 9.08. The number of benzene rings is 2. The summed E-state index contributed by atoms with van der Waals surface area (Å²) < 4.78 is 29.5. The lowest BCUT2D eigenvalue weighted by Gasteiger charge is -2.26. The van der Waals surface area contributed by atoms with Crippen LogP contribution in [0.15, 0.2) is 54.9 Å². The van der Waals surface area contributed by atoms with Crippen LogP contribution in [0.2, 0.25) is 0 Å². The van der Waals surface area contributed by atoms with Gasteiger partial charge in [-0.05, 0) is 23.8 Å². The van der Waals surface area contributed by atoms with Crippen molar-refractivity contribution in [3.63, 3.8) is 0 Å². The Morgan fingerprint density at radius 3 is 2.81 bits per heavy atom. The molecular weight excluding hydrogens is 360 g/mol. The van der Waals surface area contributed by atoms with Crippen molar-refractivity contribution in [2.45, 2.75) is 19.5 Å². The van der Waals surface area contributed by atoms with Crippen molar-refractivity contribution in [2.75, 3.05) is 12.3 Å². The Kier molecular flexibility index (Phi) is 3.80. The summed E-state index contributed by atoms with van der Waals surface area (Å²) in [6.45, 7) is 1.36. The summed E-state index contributed by atoms with van der Waals surface area (Å²) in [6.07, 6.45) is 2.44. The summed E-state index contributed by atoms with van der Waals surface area (Å²) in [5.74, 6) is 0.0744. The summed E-state index contributed by atoms with van der Waals surface area (Å²) >= 11 is 0. The highest BCUT2D eigenvalue weighted by molar-refractivity contribution is 7.89. The normalized spacial score (nSPS) is 15.4. The third-order valence-corrected chi connectivity index (χ3v) is 7.16. The van der Waals surface area contributed by atoms with Crippen molar-refractivity contribution in [3.05, 3.63) is 66.1 Å². The molecule has 0 unspecified atom stereocenters. The predicted octanol–water partition coefficient (Wildman–Crippen LogP) is 2.91. The van der Waals surface area contributed by atoms with Crippen LogP contribution in [0.5, 0.6) is 0 Å². The van der Waals surface area contributed by atoms with Crippen LogP contribution in [0, 0.1) is 0 Å². The number of aryl methyl sites for hydroxylation is 1. The maximum absolute atomic E-state index is 13.0. The minimum Gasteiger partial charge on any atom is -0.358 e. The van der Waals surface area contributed by atoms with Crippen LogP contribution < -0.4 is 0 Å². The van der Waals surface area contributed by atoms with E-state index in [2.05, 4.69) is 16.0 Å². The van der Waals surface area contributed by atoms with Gasteiger partial charge >= 0.3 is 0 Å². The van der Waals surface area contributed by atoms with Gasteiger partial charge in [0.25, 0.3) is 0 Å². The van der Waals surface area contributed by atoms with E-state index in [1.165, 1.54) is 0 Å². The summed E-state index contributed by atoms with van der Waals surface area (Å²) in [5.41, 5.74) is 5.19. The fraction of sp³-hybridized carbons (Fsp3) is 0.250. The topological polar surface area (TPSA) is 71.0 Å². The number of aromatic nitrogens is 3. The Morgan fingerprint density at radius 1 is 1.07 bits per heavy atom. The van der Waals surface area contributed by atoms with Crippen LogP contribution >= 0.6 is 0 Å². The van der Waals surface area contributed by atoms with Gasteiger partial charge in [-0.1, -0.05) is 30.3 Å². The van der Waals surface area contributed by atoms with Gasteiger partial charge in [0.05, 0.1) is 23.1 Å². The number of H-pyrrole nitrogens is 1. The summed E-state index contributed by atoms with van der Waals surface area (Å²) in [7, 11) is -3.35. The zero-order valence-corrected chi connectivity index (χ0v) is 15.6. The largest absolute Gasteiger partial charge is 0.358 e. The smallest absolute Gasteiger partial charge is 0.216 e. The molecule has 1 aliphatic heterocycles. The average molecular weight is 380 g/mol. The molecule has 4 aromatic rings. The Balaban J connectivity index is 1.38. The van der Waals surface area contributed by atoms with Crippen molar-refractivity contribution in [1.29, 1.82) is 0 Å². The third-order valence-electron chi connectivity index (χ3n) is 5.36. The fourth-order valence-corrected chi connectivity index (χ4v) is 5.29. The molecule has 1 aliphatic rings. The number of para-hydroxylation sites is 3. The minimum atomic E-state index is -3.35. The van der Waals surface area contributed by atoms with Gasteiger partial charge in [-0.2, -0.15) is 4.31 Å². The van der Waals surface area contributed by atoms with Crippen LogP contribution in [-0.2, 0) is 29.5 Å². The molecule has 0 atom stereocenters. The lowest BCUT2D eigenvalue weighted by atomic mass is 10.1. The summed E-state index contributed by atoms with van der Waals surface area (Å²) in [4.78, 5) is 7.77. The second-order valence-electron chi connectivity index (χ2n) is 6.95. The van der Waals surface area contributed by atoms with E-state index in [0.29, 0.717) is 19.6 Å². The van der Waals surface area contributed by atoms with E-state index in [4.69, 9.17) is 0 Å². The van der Waals surface area contributed by atoms with Crippen LogP contribution in [0.1, 0.15) is 11.3 Å². The molecule has 2 aromatic heterocycles. The van der Waals surface area contributed by atoms with E-state index < -0.39 is 10.0 Å². The number of hydrogen-bond donors (Lipinski definition) is 1. The summed E-state index contributed by atoms with van der Waals surface area (Å²) in [6, 6.07) is 15.9. The molecular formula is C20H20N4O2S. The van der Waals surface area contributed by atoms with Crippen molar-refractivity contribution in [3.8, 4) is 0 Å². The van der Waals surface area contributed by atoms with E-state index >= 15 is 0 Å². The van der Waals surface area contributed by atoms with E-state index in [1.54, 1.807) is 10.6 Å². The second-order valence-corrected chi connectivity index (χ2v) is 9.04. The van der Waals surface area contributed by atoms with Gasteiger partial charge in [-0.3, -0.25) is 0 Å². The minimum absolute atomic E-state index is 0.0744. The van der Waals surface area contributed by atoms with Crippen LogP contribution in [-0.4, -0.2) is 39.6 Å². The molecule has 0 saturated carbocycles. The molecule has 0 spiro atoms. The lowest BCUT2D eigenvalue weighted by molar-refractivity contribution is 0.390. The number of hydrogen-bond acceptors (Lipinski definition) is 3. The number of nitrogens with one attached hydrogen (secondary N) is 1. The number of sulfonamides is 1. The average Bonchev–Trinajstić information content (AvgIpc) is 3.27. The maximum atomic E-state index is 13.0. The third kappa shape index (κ3) is 2.83. The molecule has 0 fully saturated rings. The highest BCUT2D eigenvalue weighted by Gasteiger charge is 2.28. The van der Waals surface area contributed by atoms with Gasteiger partial charge in [-0.25, -0.2) is 13.4 Å². The van der Waals surface area contributed by atoms with Gasteiger partial charge < -0.3 is 9.55 Å². The fourth-order valence-electron chi connectivity index (χ4n) is 3.91. The maximum Gasteiger partial charge on any atom is 0.216 e. The zero-order chi connectivity index (χ0) is 18.4. The van der Waals surface area contributed by atoms with Crippen molar-refractivity contribution in [2.24, 2.45) is 0 Å². The molecule has 0 aliphatic carbocycles. The predicted molar refractivity (Wildman–Crippen MR) is 106 cm³/mol. The van der Waals surface area contributed by atoms with Gasteiger partial charge in [0.1, 0.15) is 0 Å². The zero-order valence-electron chi connectivity index (χ0n) is 14.8. The van der Waals surface area contributed by atoms with E-state index in [-0.39, 0.29) is 5.75 Å². The highest BCUT2D eigenvalue weighted by Crippen LogP contribution is 2.29. The Morgan fingerprint density at radius 2 is 1.89 bits per heavy atom. The monoisotopic (exact) mass is 380 g/mol. The van der Waals surface area contributed by atoms with Crippen LogP contribution in [0.3, 0.4) is 0 Å². The Bertz CT molecular complexity index is 1240. The number of nitrogens with zero attached hydrogens (tertiary/aromatic N) is 3. The second kappa shape index (κ2) is 6.21. The number of aromatic amines is 1. The number of fused-ring (bicyclic) bond motifs is 4. The summed E-state index contributed by atoms with van der Waals surface area (Å²) in [5, 5.41) is 1.12. The van der Waals surface area contributed by atoms with Crippen molar-refractivity contribution >= 4 is 32.0 Å². The number of imidazole rings is 1. The molecule has 0 radical (unpaired) electrons. The van der Waals surface area contributed by atoms with E-state index in [9.17, 15) is 8.42 Å². The van der Waals surface area contributed by atoms with Crippen LogP contribution in [0.25, 0.3) is 21.9 Å². The molecule has 1 N–H and O–H groups in total. The van der Waals surface area contributed by atoms with E-state index in [0.717, 1.165) is 39.6 Å². The molecule has 7 heteroatoms. The first-order valence-corrected chi connectivity index (χ1v) is 10.7. The first kappa shape index (κ1) is 16.5. The van der Waals surface area contributed by atoms with Gasteiger partial charge in [-0.15, -0.1) is 0 Å². The number of rotatable bonds is 4. The quantitative estimate of drug-likeness (QED) is 0.592. The van der Waals surface area contributed by atoms with E-state index in [1.807, 2.05) is 47.0 Å². The molecule has 138 valence electrons. The molecule has 5 rings (SSSR count). The van der Waals surface area contributed by atoms with Gasteiger partial charge in [0.15, 0.2) is 0 Å². The molecule has 27 heavy (non-hydrogen) atoms. The highest BCUT2D eigenvalue weighted by atomic mass is 32.2. The molecule has 3 heterocycles. The van der Waals surface area contributed by atoms with Gasteiger partial charge in [0.2, 0.25) is 10.0 Å². The van der Waals surface area contributed by atoms with Crippen molar-refractivity contribution < 1.29 is 8.42 Å². The molecule has 0 saturated heterocycles. The molecule has 0 bridgehead atoms. The Hall–Kier alpha value is -2.64. The standard InChI is InChI=1S/C20H20N4O2S/c25-27(26,12-11-23-14-21-19-7-3-4-8-20(19)23)24-10-9-18-16(13-24)15-5-1-2-6-17(15)22-18/h1-8,14,22H,9-13H2. The lowest BCUT2D eigenvalue weighted by Crippen LogP contribution is -2.38. The molecule has 2 aromatic carbocycles. The SMILES string of the molecule is O=S(=O)(CCn1cnc2ccccc21)N1CCc2[nH]c3ccccc3c2C1.